The zero-order valence-corrected chi connectivity index (χ0v) is 15.1. The number of hydrogen-bond acceptors (Lipinski definition) is 4. The molecule has 1 aromatic carbocycles. The van der Waals surface area contributed by atoms with Gasteiger partial charge < -0.3 is 0 Å². The third kappa shape index (κ3) is 5.75. The summed E-state index contributed by atoms with van der Waals surface area (Å²) in [5, 5.41) is 0. The highest BCUT2D eigenvalue weighted by Crippen LogP contribution is 2.51. The van der Waals surface area contributed by atoms with Crippen LogP contribution in [-0.4, -0.2) is 39.0 Å². The summed E-state index contributed by atoms with van der Waals surface area (Å²) in [6.07, 6.45) is 9.97. The molecule has 0 N–H and O–H groups in total. The summed E-state index contributed by atoms with van der Waals surface area (Å²) >= 11 is 0. The van der Waals surface area contributed by atoms with Crippen LogP contribution in [0.1, 0.15) is 29.0 Å². The topological polar surface area (TPSA) is 49.4 Å². The number of aliphatic imine (C=N–C) groups is 4. The molecule has 2 atom stereocenters. The Kier molecular flexibility index (Phi) is 7.20. The monoisotopic (exact) mass is 334 g/mol. The van der Waals surface area contributed by atoms with Gasteiger partial charge in [0.05, 0.1) is 13.1 Å². The Hall–Kier alpha value is -2.62. The summed E-state index contributed by atoms with van der Waals surface area (Å²) in [5.41, 5.74) is 5.25. The van der Waals surface area contributed by atoms with E-state index < -0.39 is 0 Å². The number of allylic oxidation sites excluding steroid dienone is 2. The van der Waals surface area contributed by atoms with Gasteiger partial charge in [-0.05, 0) is 73.9 Å². The maximum absolute atomic E-state index is 4.47. The lowest BCUT2D eigenvalue weighted by atomic mass is 10.0. The molecule has 4 nitrogen and oxygen atoms in total. The Morgan fingerprint density at radius 1 is 1.12 bits per heavy atom. The lowest BCUT2D eigenvalue weighted by Crippen LogP contribution is -1.95. The first-order valence-corrected chi connectivity index (χ1v) is 8.51. The second-order valence-electron chi connectivity index (χ2n) is 6.22. The molecule has 1 aromatic rings. The first kappa shape index (κ1) is 18.7. The normalized spacial score (nSPS) is 20.6. The van der Waals surface area contributed by atoms with Gasteiger partial charge in [-0.3, -0.25) is 20.0 Å². The smallest absolute Gasteiger partial charge is 0.0585 e. The molecule has 1 aliphatic rings. The number of aryl methyl sites for hydroxylation is 2. The predicted octanol–water partition coefficient (Wildman–Crippen LogP) is 4.35. The van der Waals surface area contributed by atoms with Crippen LogP contribution in [0.25, 0.3) is 0 Å². The highest BCUT2D eigenvalue weighted by Gasteiger charge is 2.40. The first-order valence-electron chi connectivity index (χ1n) is 8.51. The van der Waals surface area contributed by atoms with E-state index in [0.717, 1.165) is 12.0 Å². The fourth-order valence-corrected chi connectivity index (χ4v) is 2.78. The third-order valence-corrected chi connectivity index (χ3v) is 4.40. The Bertz CT molecular complexity index is 725. The molecule has 0 bridgehead atoms. The van der Waals surface area contributed by atoms with Crippen molar-refractivity contribution < 1.29 is 0 Å². The second-order valence-corrected chi connectivity index (χ2v) is 6.22. The van der Waals surface area contributed by atoms with Gasteiger partial charge in [-0.15, -0.1) is 0 Å². The molecule has 4 heteroatoms. The molecule has 25 heavy (non-hydrogen) atoms. The van der Waals surface area contributed by atoms with Crippen LogP contribution in [0.15, 0.2) is 62.2 Å². The molecule has 2 unspecified atom stereocenters. The minimum absolute atomic E-state index is 0.487. The van der Waals surface area contributed by atoms with E-state index in [-0.39, 0.29) is 0 Å². The molecule has 2 rings (SSSR count). The van der Waals surface area contributed by atoms with E-state index in [4.69, 9.17) is 0 Å². The fourth-order valence-electron chi connectivity index (χ4n) is 2.78. The van der Waals surface area contributed by atoms with Gasteiger partial charge in [0.15, 0.2) is 0 Å². The molecule has 0 heterocycles. The Balaban J connectivity index is 1.90. The molecule has 130 valence electrons. The summed E-state index contributed by atoms with van der Waals surface area (Å²) in [6, 6.07) is 6.75. The quantitative estimate of drug-likeness (QED) is 0.476. The van der Waals surface area contributed by atoms with E-state index in [0.29, 0.717) is 24.9 Å². The van der Waals surface area contributed by atoms with Crippen LogP contribution in [-0.2, 0) is 0 Å². The minimum atomic E-state index is 0.487. The molecule has 1 fully saturated rings. The van der Waals surface area contributed by atoms with Crippen molar-refractivity contribution in [2.24, 2.45) is 25.9 Å². The van der Waals surface area contributed by atoms with Crippen molar-refractivity contribution in [3.8, 4) is 0 Å². The van der Waals surface area contributed by atoms with E-state index in [1.54, 1.807) is 18.5 Å². The summed E-state index contributed by atoms with van der Waals surface area (Å²) in [6.45, 7) is 12.6. The molecule has 0 aromatic heterocycles. The van der Waals surface area contributed by atoms with Crippen LogP contribution < -0.4 is 0 Å². The number of hydrogen-bond donors (Lipinski definition) is 0. The SMILES string of the molecule is C=N/C=C\C=N/CC/N=C\C(=C/N=C)C1CC1c1ccc(C)c(C)c1. The zero-order valence-electron chi connectivity index (χ0n) is 15.1. The van der Waals surface area contributed by atoms with Gasteiger partial charge in [0.25, 0.3) is 0 Å². The summed E-state index contributed by atoms with van der Waals surface area (Å²) in [4.78, 5) is 16.3. The van der Waals surface area contributed by atoms with Crippen molar-refractivity contribution >= 4 is 25.9 Å². The van der Waals surface area contributed by atoms with Crippen LogP contribution in [0.2, 0.25) is 0 Å². The average Bonchev–Trinajstić information content (AvgIpc) is 3.39. The van der Waals surface area contributed by atoms with Crippen LogP contribution >= 0.6 is 0 Å². The number of benzene rings is 1. The molecule has 0 radical (unpaired) electrons. The number of rotatable bonds is 9. The van der Waals surface area contributed by atoms with Crippen LogP contribution in [0.4, 0.5) is 0 Å². The van der Waals surface area contributed by atoms with E-state index >= 15 is 0 Å². The van der Waals surface area contributed by atoms with Crippen molar-refractivity contribution in [2.75, 3.05) is 13.1 Å². The average molecular weight is 334 g/mol. The van der Waals surface area contributed by atoms with Gasteiger partial charge in [-0.1, -0.05) is 18.2 Å². The summed E-state index contributed by atoms with van der Waals surface area (Å²) in [7, 11) is 0. The lowest BCUT2D eigenvalue weighted by Gasteiger charge is -2.05. The van der Waals surface area contributed by atoms with E-state index in [1.807, 2.05) is 12.4 Å². The largest absolute Gasteiger partial charge is 0.291 e. The molecule has 0 amide bonds. The molecule has 0 spiro atoms. The minimum Gasteiger partial charge on any atom is -0.291 e. The van der Waals surface area contributed by atoms with E-state index in [2.05, 4.69) is 65.5 Å². The van der Waals surface area contributed by atoms with Gasteiger partial charge in [0.1, 0.15) is 0 Å². The molecule has 1 saturated carbocycles. The standard InChI is InChI=1S/C21H26N4/c1-16-6-7-18(12-17(16)2)20-13-21(20)19(14-23-4)15-25-11-10-24-9-5-8-22-3/h5-9,12,14-15,20-21H,3-4,10-11,13H2,1-2H3/b8-5-,19-14+,24-9-,25-15-. The van der Waals surface area contributed by atoms with Crippen molar-refractivity contribution in [1.82, 2.24) is 0 Å². The van der Waals surface area contributed by atoms with Gasteiger partial charge in [0.2, 0.25) is 0 Å². The third-order valence-electron chi connectivity index (χ3n) is 4.40. The Morgan fingerprint density at radius 2 is 1.92 bits per heavy atom. The van der Waals surface area contributed by atoms with Gasteiger partial charge >= 0.3 is 0 Å². The predicted molar refractivity (Wildman–Crippen MR) is 110 cm³/mol. The number of nitrogens with zero attached hydrogens (tertiary/aromatic N) is 4. The Morgan fingerprint density at radius 3 is 2.64 bits per heavy atom. The molecule has 1 aliphatic carbocycles. The molecule has 0 saturated heterocycles. The fraction of sp³-hybridized carbons (Fsp3) is 0.333. The Labute approximate surface area is 150 Å². The second kappa shape index (κ2) is 9.62. The van der Waals surface area contributed by atoms with Crippen molar-refractivity contribution in [3.05, 3.63) is 58.9 Å². The highest BCUT2D eigenvalue weighted by atomic mass is 14.8. The van der Waals surface area contributed by atoms with Crippen molar-refractivity contribution in [1.29, 1.82) is 0 Å². The van der Waals surface area contributed by atoms with E-state index in [1.165, 1.54) is 16.7 Å². The van der Waals surface area contributed by atoms with Gasteiger partial charge in [0, 0.05) is 24.8 Å². The molecule has 0 aliphatic heterocycles. The van der Waals surface area contributed by atoms with Gasteiger partial charge in [-0.25, -0.2) is 0 Å². The van der Waals surface area contributed by atoms with Gasteiger partial charge in [-0.2, -0.15) is 0 Å². The van der Waals surface area contributed by atoms with Crippen LogP contribution in [0, 0.1) is 19.8 Å². The zero-order chi connectivity index (χ0) is 18.1. The van der Waals surface area contributed by atoms with Crippen LogP contribution in [0.5, 0.6) is 0 Å². The summed E-state index contributed by atoms with van der Waals surface area (Å²) < 4.78 is 0. The van der Waals surface area contributed by atoms with Crippen molar-refractivity contribution in [3.63, 3.8) is 0 Å². The van der Waals surface area contributed by atoms with Crippen LogP contribution in [0.3, 0.4) is 0 Å². The highest BCUT2D eigenvalue weighted by molar-refractivity contribution is 5.80. The van der Waals surface area contributed by atoms with Crippen molar-refractivity contribution in [2.45, 2.75) is 26.2 Å². The van der Waals surface area contributed by atoms with E-state index in [9.17, 15) is 0 Å². The maximum atomic E-state index is 4.47. The molecular weight excluding hydrogens is 308 g/mol. The maximum Gasteiger partial charge on any atom is 0.0585 e. The first-order chi connectivity index (χ1) is 12.2. The lowest BCUT2D eigenvalue weighted by molar-refractivity contribution is 0.958. The molecular formula is C21H26N4. The summed E-state index contributed by atoms with van der Waals surface area (Å²) in [5.74, 6) is 1.05.